The summed E-state index contributed by atoms with van der Waals surface area (Å²) < 4.78 is 1.01. The van der Waals surface area contributed by atoms with Gasteiger partial charge in [-0.05, 0) is 37.1 Å². The molecular formula is C15H14BrNO2. The fourth-order valence-electron chi connectivity index (χ4n) is 2.01. The van der Waals surface area contributed by atoms with Crippen LogP contribution in [0, 0.1) is 6.92 Å². The van der Waals surface area contributed by atoms with E-state index < -0.39 is 5.97 Å². The van der Waals surface area contributed by atoms with Gasteiger partial charge in [0.2, 0.25) is 0 Å². The smallest absolute Gasteiger partial charge is 0.337 e. The van der Waals surface area contributed by atoms with Crippen molar-refractivity contribution in [3.8, 4) is 11.3 Å². The Kier molecular flexibility index (Phi) is 4.00. The van der Waals surface area contributed by atoms with Gasteiger partial charge < -0.3 is 5.11 Å². The van der Waals surface area contributed by atoms with Gasteiger partial charge in [-0.1, -0.05) is 35.0 Å². The molecule has 98 valence electrons. The van der Waals surface area contributed by atoms with Gasteiger partial charge in [0.05, 0.1) is 17.0 Å². The number of rotatable bonds is 3. The lowest BCUT2D eigenvalue weighted by Crippen LogP contribution is -2.06. The molecule has 0 atom stereocenters. The van der Waals surface area contributed by atoms with Crippen molar-refractivity contribution in [2.75, 3.05) is 0 Å². The number of hydrogen-bond acceptors (Lipinski definition) is 2. The second-order valence-electron chi connectivity index (χ2n) is 4.31. The first-order valence-corrected chi connectivity index (χ1v) is 6.82. The average Bonchev–Trinajstić information content (AvgIpc) is 2.39. The predicted octanol–water partition coefficient (Wildman–Crippen LogP) is 4.08. The van der Waals surface area contributed by atoms with Crippen LogP contribution in [0.5, 0.6) is 0 Å². The fourth-order valence-corrected chi connectivity index (χ4v) is 2.27. The fraction of sp³-hybridized carbons (Fsp3) is 0.200. The Hall–Kier alpha value is -1.68. The SMILES string of the molecule is CCc1nc(-c2ccc(Br)cc2)c(C)cc1C(=O)O. The van der Waals surface area contributed by atoms with Crippen LogP contribution in [0.2, 0.25) is 0 Å². The number of benzene rings is 1. The van der Waals surface area contributed by atoms with E-state index in [2.05, 4.69) is 20.9 Å². The number of aromatic carboxylic acids is 1. The lowest BCUT2D eigenvalue weighted by atomic mass is 10.0. The quantitative estimate of drug-likeness (QED) is 0.927. The summed E-state index contributed by atoms with van der Waals surface area (Å²) >= 11 is 3.40. The third kappa shape index (κ3) is 2.84. The zero-order valence-corrected chi connectivity index (χ0v) is 12.4. The normalized spacial score (nSPS) is 10.5. The van der Waals surface area contributed by atoms with E-state index in [9.17, 15) is 9.90 Å². The maximum Gasteiger partial charge on any atom is 0.337 e. The molecule has 0 bridgehead atoms. The van der Waals surface area contributed by atoms with Crippen molar-refractivity contribution in [1.29, 1.82) is 0 Å². The Morgan fingerprint density at radius 1 is 1.32 bits per heavy atom. The van der Waals surface area contributed by atoms with Crippen LogP contribution in [-0.2, 0) is 6.42 Å². The minimum Gasteiger partial charge on any atom is -0.478 e. The number of nitrogens with zero attached hydrogens (tertiary/aromatic N) is 1. The molecule has 0 spiro atoms. The highest BCUT2D eigenvalue weighted by molar-refractivity contribution is 9.10. The van der Waals surface area contributed by atoms with Gasteiger partial charge in [0, 0.05) is 10.0 Å². The highest BCUT2D eigenvalue weighted by atomic mass is 79.9. The molecule has 3 nitrogen and oxygen atoms in total. The number of carbonyl (C=O) groups is 1. The molecule has 19 heavy (non-hydrogen) atoms. The van der Waals surface area contributed by atoms with Gasteiger partial charge in [-0.2, -0.15) is 0 Å². The van der Waals surface area contributed by atoms with Crippen molar-refractivity contribution in [2.24, 2.45) is 0 Å². The van der Waals surface area contributed by atoms with E-state index in [1.807, 2.05) is 38.1 Å². The first-order chi connectivity index (χ1) is 9.02. The predicted molar refractivity (Wildman–Crippen MR) is 78.4 cm³/mol. The van der Waals surface area contributed by atoms with Gasteiger partial charge in [0.25, 0.3) is 0 Å². The number of carboxylic acid groups (broad SMARTS) is 1. The first-order valence-electron chi connectivity index (χ1n) is 6.02. The average molecular weight is 320 g/mol. The Morgan fingerprint density at radius 3 is 2.47 bits per heavy atom. The van der Waals surface area contributed by atoms with Crippen LogP contribution < -0.4 is 0 Å². The molecule has 2 aromatic rings. The van der Waals surface area contributed by atoms with Crippen LogP contribution in [0.25, 0.3) is 11.3 Å². The van der Waals surface area contributed by atoms with Gasteiger partial charge in [0.1, 0.15) is 0 Å². The van der Waals surface area contributed by atoms with Crippen LogP contribution in [0.3, 0.4) is 0 Å². The van der Waals surface area contributed by atoms with Crippen molar-refractivity contribution < 1.29 is 9.90 Å². The topological polar surface area (TPSA) is 50.2 Å². The Morgan fingerprint density at radius 2 is 1.95 bits per heavy atom. The van der Waals surface area contributed by atoms with Crippen molar-refractivity contribution >= 4 is 21.9 Å². The maximum atomic E-state index is 11.2. The molecule has 0 radical (unpaired) electrons. The Balaban J connectivity index is 2.58. The monoisotopic (exact) mass is 319 g/mol. The van der Waals surface area contributed by atoms with Crippen LogP contribution in [0.15, 0.2) is 34.8 Å². The van der Waals surface area contributed by atoms with E-state index in [-0.39, 0.29) is 0 Å². The van der Waals surface area contributed by atoms with E-state index in [0.29, 0.717) is 17.7 Å². The van der Waals surface area contributed by atoms with Crippen molar-refractivity contribution in [1.82, 2.24) is 4.98 Å². The summed E-state index contributed by atoms with van der Waals surface area (Å²) in [7, 11) is 0. The molecule has 0 aliphatic heterocycles. The lowest BCUT2D eigenvalue weighted by molar-refractivity contribution is 0.0695. The summed E-state index contributed by atoms with van der Waals surface area (Å²) in [5, 5.41) is 9.17. The summed E-state index contributed by atoms with van der Waals surface area (Å²) in [6.07, 6.45) is 0.603. The van der Waals surface area contributed by atoms with E-state index in [1.165, 1.54) is 0 Å². The highest BCUT2D eigenvalue weighted by Crippen LogP contribution is 2.25. The minimum absolute atomic E-state index is 0.292. The molecule has 4 heteroatoms. The highest BCUT2D eigenvalue weighted by Gasteiger charge is 2.14. The molecule has 1 N–H and O–H groups in total. The maximum absolute atomic E-state index is 11.2. The van der Waals surface area contributed by atoms with Crippen molar-refractivity contribution in [3.05, 3.63) is 51.6 Å². The standard InChI is InChI=1S/C15H14BrNO2/c1-3-13-12(15(18)19)8-9(2)14(17-13)10-4-6-11(16)7-5-10/h4-8H,3H2,1-2H3,(H,18,19). The number of halogens is 1. The number of hydrogen-bond donors (Lipinski definition) is 1. The molecule has 0 aliphatic rings. The number of aromatic nitrogens is 1. The van der Waals surface area contributed by atoms with Gasteiger partial charge in [-0.3, -0.25) is 4.98 Å². The number of aryl methyl sites for hydroxylation is 2. The summed E-state index contributed by atoms with van der Waals surface area (Å²) in [5.41, 5.74) is 3.62. The van der Waals surface area contributed by atoms with E-state index in [4.69, 9.17) is 0 Å². The molecule has 0 saturated heterocycles. The molecule has 0 saturated carbocycles. The van der Waals surface area contributed by atoms with E-state index in [1.54, 1.807) is 6.07 Å². The lowest BCUT2D eigenvalue weighted by Gasteiger charge is -2.10. The van der Waals surface area contributed by atoms with Gasteiger partial charge >= 0.3 is 5.97 Å². The molecule has 0 unspecified atom stereocenters. The summed E-state index contributed by atoms with van der Waals surface area (Å²) in [5.74, 6) is -0.921. The van der Waals surface area contributed by atoms with Crippen LogP contribution in [-0.4, -0.2) is 16.1 Å². The van der Waals surface area contributed by atoms with Gasteiger partial charge in [0.15, 0.2) is 0 Å². The van der Waals surface area contributed by atoms with Gasteiger partial charge in [-0.25, -0.2) is 4.79 Å². The minimum atomic E-state index is -0.921. The van der Waals surface area contributed by atoms with Crippen molar-refractivity contribution in [2.45, 2.75) is 20.3 Å². The Labute approximate surface area is 120 Å². The van der Waals surface area contributed by atoms with Crippen LogP contribution in [0.1, 0.15) is 28.5 Å². The third-order valence-electron chi connectivity index (χ3n) is 2.97. The second kappa shape index (κ2) is 5.53. The largest absolute Gasteiger partial charge is 0.478 e. The van der Waals surface area contributed by atoms with Crippen LogP contribution in [0.4, 0.5) is 0 Å². The number of pyridine rings is 1. The van der Waals surface area contributed by atoms with E-state index in [0.717, 1.165) is 21.3 Å². The molecule has 1 aromatic carbocycles. The molecule has 1 heterocycles. The molecular weight excluding hydrogens is 306 g/mol. The zero-order valence-electron chi connectivity index (χ0n) is 10.8. The first kappa shape index (κ1) is 13.7. The Bertz CT molecular complexity index is 621. The summed E-state index contributed by atoms with van der Waals surface area (Å²) in [6.45, 7) is 3.80. The zero-order chi connectivity index (χ0) is 14.0. The molecule has 2 rings (SSSR count). The summed E-state index contributed by atoms with van der Waals surface area (Å²) in [4.78, 5) is 15.7. The van der Waals surface area contributed by atoms with Crippen LogP contribution >= 0.6 is 15.9 Å². The molecule has 0 amide bonds. The number of carboxylic acids is 1. The van der Waals surface area contributed by atoms with Gasteiger partial charge in [-0.15, -0.1) is 0 Å². The van der Waals surface area contributed by atoms with Crippen molar-refractivity contribution in [3.63, 3.8) is 0 Å². The molecule has 0 aliphatic carbocycles. The molecule has 1 aromatic heterocycles. The molecule has 0 fully saturated rings. The second-order valence-corrected chi connectivity index (χ2v) is 5.23. The third-order valence-corrected chi connectivity index (χ3v) is 3.50. The summed E-state index contributed by atoms with van der Waals surface area (Å²) in [6, 6.07) is 9.55. The van der Waals surface area contributed by atoms with E-state index >= 15 is 0 Å².